The smallest absolute Gasteiger partial charge is 0.317 e. The highest BCUT2D eigenvalue weighted by molar-refractivity contribution is 6.49. The van der Waals surface area contributed by atoms with Gasteiger partial charge in [0.05, 0.1) is 11.5 Å². The number of hydrogen-bond acceptors (Lipinski definition) is 5. The van der Waals surface area contributed by atoms with Crippen LogP contribution in [0.1, 0.15) is 58.3 Å². The fourth-order valence-corrected chi connectivity index (χ4v) is 4.88. The number of esters is 2. The molecule has 0 radical (unpaired) electrons. The van der Waals surface area contributed by atoms with Crippen LogP contribution in [0.15, 0.2) is 0 Å². The zero-order valence-electron chi connectivity index (χ0n) is 13.5. The second-order valence-corrected chi connectivity index (χ2v) is 8.27. The number of ether oxygens (including phenoxy) is 3. The maximum Gasteiger partial charge on any atom is 0.317 e. The molecule has 122 valence electrons. The first-order valence-corrected chi connectivity index (χ1v) is 9.41. The molecule has 0 bridgehead atoms. The van der Waals surface area contributed by atoms with Gasteiger partial charge >= 0.3 is 11.9 Å². The highest BCUT2D eigenvalue weighted by Gasteiger charge is 2.50. The normalized spacial score (nSPS) is 22.7. The summed E-state index contributed by atoms with van der Waals surface area (Å²) in [7, 11) is 2.07. The highest BCUT2D eigenvalue weighted by Crippen LogP contribution is 2.43. The zero-order valence-corrected chi connectivity index (χ0v) is 14.9. The van der Waals surface area contributed by atoms with Crippen molar-refractivity contribution in [3.05, 3.63) is 0 Å². The number of methoxy groups -OCH3 is 2. The predicted octanol–water partition coefficient (Wildman–Crippen LogP) is 2.11. The van der Waals surface area contributed by atoms with Crippen molar-refractivity contribution in [3.8, 4) is 0 Å². The minimum Gasteiger partial charge on any atom is -0.393 e. The van der Waals surface area contributed by atoms with E-state index in [-0.39, 0.29) is 18.3 Å². The average molecular weight is 316 g/mol. The van der Waals surface area contributed by atoms with Crippen LogP contribution in [0.4, 0.5) is 0 Å². The summed E-state index contributed by atoms with van der Waals surface area (Å²) in [6.45, 7) is 2.19. The van der Waals surface area contributed by atoms with E-state index in [1.165, 1.54) is 25.7 Å². The zero-order chi connectivity index (χ0) is 15.7. The molecule has 1 rings (SSSR count). The lowest BCUT2D eigenvalue weighted by Crippen LogP contribution is -2.36. The summed E-state index contributed by atoms with van der Waals surface area (Å²) in [6, 6.07) is 0. The molecule has 0 aromatic rings. The van der Waals surface area contributed by atoms with Crippen molar-refractivity contribution in [2.24, 2.45) is 0 Å². The van der Waals surface area contributed by atoms with Crippen LogP contribution in [0, 0.1) is 0 Å². The highest BCUT2D eigenvalue weighted by atomic mass is 28.2. The Morgan fingerprint density at radius 2 is 1.76 bits per heavy atom. The predicted molar refractivity (Wildman–Crippen MR) is 82.8 cm³/mol. The molecule has 21 heavy (non-hydrogen) atoms. The minimum atomic E-state index is -1.07. The van der Waals surface area contributed by atoms with Gasteiger partial charge in [0.2, 0.25) is 0 Å². The van der Waals surface area contributed by atoms with E-state index in [2.05, 4.69) is 6.92 Å². The average Bonchev–Trinajstić information content (AvgIpc) is 2.74. The van der Waals surface area contributed by atoms with E-state index in [1.807, 2.05) is 0 Å². The first kappa shape index (κ1) is 18.3. The fourth-order valence-electron chi connectivity index (χ4n) is 2.87. The third-order valence-electron chi connectivity index (χ3n) is 4.21. The van der Waals surface area contributed by atoms with E-state index in [1.54, 1.807) is 14.2 Å². The third kappa shape index (κ3) is 5.52. The molecule has 0 N–H and O–H groups in total. The van der Waals surface area contributed by atoms with E-state index in [9.17, 15) is 9.59 Å². The van der Waals surface area contributed by atoms with Crippen LogP contribution < -0.4 is 0 Å². The lowest BCUT2D eigenvalue weighted by Gasteiger charge is -2.26. The number of carbonyl (C=O) groups excluding carboxylic acids is 2. The first-order chi connectivity index (χ1) is 10.1. The number of carbonyl (C=O) groups is 2. The van der Waals surface area contributed by atoms with Crippen molar-refractivity contribution < 1.29 is 23.8 Å². The standard InChI is InChI=1S/C15H28O5Si/c1-4-5-6-7-8-9-10-15(21-14(18-2)19-3)11-12(16)20-13(15)17/h14H,4-11,21H2,1-3H3. The summed E-state index contributed by atoms with van der Waals surface area (Å²) in [5.74, 6) is -1.10. The van der Waals surface area contributed by atoms with Gasteiger partial charge in [0.1, 0.15) is 15.4 Å². The lowest BCUT2D eigenvalue weighted by atomic mass is 9.97. The molecule has 0 amide bonds. The van der Waals surface area contributed by atoms with Gasteiger partial charge in [0.25, 0.3) is 0 Å². The summed E-state index contributed by atoms with van der Waals surface area (Å²) in [6.07, 6.45) is 7.89. The topological polar surface area (TPSA) is 61.8 Å². The Morgan fingerprint density at radius 1 is 1.14 bits per heavy atom. The van der Waals surface area contributed by atoms with Crippen LogP contribution >= 0.6 is 0 Å². The van der Waals surface area contributed by atoms with Gasteiger partial charge in [-0.3, -0.25) is 9.59 Å². The van der Waals surface area contributed by atoms with E-state index in [0.717, 1.165) is 19.3 Å². The summed E-state index contributed by atoms with van der Waals surface area (Å²) >= 11 is 0. The van der Waals surface area contributed by atoms with Crippen LogP contribution in [0.3, 0.4) is 0 Å². The van der Waals surface area contributed by atoms with Gasteiger partial charge in [0.15, 0.2) is 0 Å². The van der Waals surface area contributed by atoms with E-state index in [0.29, 0.717) is 0 Å². The number of hydrogen-bond donors (Lipinski definition) is 0. The Bertz CT molecular complexity index is 343. The molecule has 0 aromatic heterocycles. The van der Waals surface area contributed by atoms with Crippen molar-refractivity contribution in [3.63, 3.8) is 0 Å². The van der Waals surface area contributed by atoms with Gasteiger partial charge in [0, 0.05) is 14.2 Å². The van der Waals surface area contributed by atoms with Crippen LogP contribution in [0.2, 0.25) is 5.04 Å². The SMILES string of the molecule is CCCCCCCCC1([SiH2]C(OC)OC)CC(=O)OC1=O. The summed E-state index contributed by atoms with van der Waals surface area (Å²) < 4.78 is 15.3. The van der Waals surface area contributed by atoms with Crippen LogP contribution in [-0.2, 0) is 23.8 Å². The van der Waals surface area contributed by atoms with Gasteiger partial charge in [-0.1, -0.05) is 45.4 Å². The largest absolute Gasteiger partial charge is 0.393 e. The quantitative estimate of drug-likeness (QED) is 0.192. The maximum atomic E-state index is 12.1. The molecule has 0 aromatic carbocycles. The van der Waals surface area contributed by atoms with Gasteiger partial charge in [-0.25, -0.2) is 0 Å². The molecule has 1 fully saturated rings. The summed E-state index contributed by atoms with van der Waals surface area (Å²) in [5, 5.41) is -0.626. The van der Waals surface area contributed by atoms with Crippen LogP contribution in [0.25, 0.3) is 0 Å². The monoisotopic (exact) mass is 316 g/mol. The Morgan fingerprint density at radius 3 is 2.29 bits per heavy atom. The fraction of sp³-hybridized carbons (Fsp3) is 0.867. The van der Waals surface area contributed by atoms with Crippen molar-refractivity contribution in [2.45, 2.75) is 69.2 Å². The second kappa shape index (κ2) is 9.33. The second-order valence-electron chi connectivity index (χ2n) is 5.84. The molecule has 0 spiro atoms. The summed E-state index contributed by atoms with van der Waals surface area (Å²) in [5.41, 5.74) is 0. The maximum absolute atomic E-state index is 12.1. The van der Waals surface area contributed by atoms with Crippen molar-refractivity contribution in [2.75, 3.05) is 14.2 Å². The van der Waals surface area contributed by atoms with Crippen molar-refractivity contribution >= 4 is 21.5 Å². The lowest BCUT2D eigenvalue weighted by molar-refractivity contribution is -0.153. The molecule has 6 heteroatoms. The van der Waals surface area contributed by atoms with Crippen molar-refractivity contribution in [1.82, 2.24) is 0 Å². The molecule has 0 saturated carbocycles. The molecule has 1 saturated heterocycles. The van der Waals surface area contributed by atoms with E-state index < -0.39 is 20.5 Å². The molecule has 1 aliphatic rings. The van der Waals surface area contributed by atoms with Gasteiger partial charge < -0.3 is 14.2 Å². The Labute approximate surface area is 129 Å². The van der Waals surface area contributed by atoms with Crippen molar-refractivity contribution in [1.29, 1.82) is 0 Å². The molecule has 1 heterocycles. The Hall–Kier alpha value is -0.723. The summed E-state index contributed by atoms with van der Waals surface area (Å²) in [4.78, 5) is 23.6. The third-order valence-corrected chi connectivity index (χ3v) is 6.89. The molecular weight excluding hydrogens is 288 g/mol. The molecular formula is C15H28O5Si. The number of rotatable bonds is 11. The molecule has 0 aliphatic carbocycles. The van der Waals surface area contributed by atoms with Gasteiger partial charge in [-0.05, 0) is 6.42 Å². The Balaban J connectivity index is 2.53. The molecule has 1 aliphatic heterocycles. The molecule has 1 unspecified atom stereocenters. The molecule has 5 nitrogen and oxygen atoms in total. The van der Waals surface area contributed by atoms with Gasteiger partial charge in [-0.2, -0.15) is 0 Å². The van der Waals surface area contributed by atoms with Crippen LogP contribution in [0.5, 0.6) is 0 Å². The first-order valence-electron chi connectivity index (χ1n) is 7.88. The molecule has 1 atom stereocenters. The van der Waals surface area contributed by atoms with E-state index >= 15 is 0 Å². The van der Waals surface area contributed by atoms with E-state index in [4.69, 9.17) is 14.2 Å². The van der Waals surface area contributed by atoms with Crippen LogP contribution in [-0.4, -0.2) is 41.6 Å². The number of cyclic esters (lactones) is 2. The number of unbranched alkanes of at least 4 members (excludes halogenated alkanes) is 5. The minimum absolute atomic E-state index is 0.205. The Kier molecular flexibility index (Phi) is 8.14. The van der Waals surface area contributed by atoms with Gasteiger partial charge in [-0.15, -0.1) is 0 Å².